The van der Waals surface area contributed by atoms with Gasteiger partial charge in [0.15, 0.2) is 6.29 Å². The van der Waals surface area contributed by atoms with E-state index in [1.54, 1.807) is 0 Å². The lowest BCUT2D eigenvalue weighted by Crippen LogP contribution is -2.31. The summed E-state index contributed by atoms with van der Waals surface area (Å²) in [6, 6.07) is 0. The molecule has 21 heavy (non-hydrogen) atoms. The van der Waals surface area contributed by atoms with Crippen molar-refractivity contribution in [1.29, 1.82) is 0 Å². The molecule has 0 fully saturated rings. The summed E-state index contributed by atoms with van der Waals surface area (Å²) < 4.78 is 0. The number of carboxylic acids is 2. The molecule has 0 heterocycles. The summed E-state index contributed by atoms with van der Waals surface area (Å²) in [4.78, 5) is 19.8. The Balaban J connectivity index is 0. The fourth-order valence-corrected chi connectivity index (χ4v) is 1.62. The molecule has 4 N–H and O–H groups in total. The van der Waals surface area contributed by atoms with Crippen LogP contribution in [-0.4, -0.2) is 38.7 Å². The minimum Gasteiger partial charge on any atom is -0.481 e. The van der Waals surface area contributed by atoms with E-state index in [4.69, 9.17) is 20.4 Å². The average Bonchev–Trinajstić information content (AvgIpc) is 2.41. The summed E-state index contributed by atoms with van der Waals surface area (Å²) in [6.07, 6.45) is 3.76. The zero-order valence-corrected chi connectivity index (χ0v) is 13.3. The van der Waals surface area contributed by atoms with Gasteiger partial charge >= 0.3 is 11.9 Å². The molecule has 0 amide bonds. The smallest absolute Gasteiger partial charge is 0.303 e. The third-order valence-electron chi connectivity index (χ3n) is 3.56. The maximum absolute atomic E-state index is 9.90. The normalized spacial score (nSPS) is 13.2. The van der Waals surface area contributed by atoms with Crippen molar-refractivity contribution in [3.8, 4) is 0 Å². The molecular formula is C15H30O6. The van der Waals surface area contributed by atoms with E-state index in [0.29, 0.717) is 12.8 Å². The molecule has 6 heteroatoms. The van der Waals surface area contributed by atoms with Crippen molar-refractivity contribution < 1.29 is 30.0 Å². The highest BCUT2D eigenvalue weighted by Gasteiger charge is 2.28. The molecule has 1 unspecified atom stereocenters. The Hall–Kier alpha value is -1.14. The second-order valence-corrected chi connectivity index (χ2v) is 5.48. The van der Waals surface area contributed by atoms with E-state index in [2.05, 4.69) is 6.92 Å². The Morgan fingerprint density at radius 3 is 1.62 bits per heavy atom. The lowest BCUT2D eigenvalue weighted by atomic mass is 9.82. The number of aliphatic hydroxyl groups is 2. The number of aliphatic hydroxyl groups excluding tert-OH is 1. The van der Waals surface area contributed by atoms with Crippen LogP contribution in [0.15, 0.2) is 0 Å². The van der Waals surface area contributed by atoms with Crippen LogP contribution in [0.1, 0.15) is 72.1 Å². The lowest BCUT2D eigenvalue weighted by molar-refractivity contribution is -0.139. The second-order valence-electron chi connectivity index (χ2n) is 5.48. The Morgan fingerprint density at radius 1 is 0.952 bits per heavy atom. The van der Waals surface area contributed by atoms with Crippen LogP contribution in [0.4, 0.5) is 0 Å². The van der Waals surface area contributed by atoms with E-state index >= 15 is 0 Å². The first-order valence-corrected chi connectivity index (χ1v) is 7.49. The van der Waals surface area contributed by atoms with Gasteiger partial charge in [0.05, 0.1) is 0 Å². The van der Waals surface area contributed by atoms with Gasteiger partial charge in [-0.2, -0.15) is 0 Å². The molecule has 0 aromatic carbocycles. The van der Waals surface area contributed by atoms with Crippen LogP contribution in [0, 0.1) is 5.41 Å². The SMILES string of the molecule is CCCCC(C)(CC)C(O)O.O=C(O)CCCCC(=O)O. The van der Waals surface area contributed by atoms with Crippen LogP contribution in [-0.2, 0) is 9.59 Å². The van der Waals surface area contributed by atoms with E-state index in [-0.39, 0.29) is 18.3 Å². The van der Waals surface area contributed by atoms with Crippen molar-refractivity contribution in [3.05, 3.63) is 0 Å². The van der Waals surface area contributed by atoms with Crippen molar-refractivity contribution in [1.82, 2.24) is 0 Å². The molecule has 0 aliphatic rings. The maximum Gasteiger partial charge on any atom is 0.303 e. The summed E-state index contributed by atoms with van der Waals surface area (Å²) in [6.45, 7) is 6.03. The third kappa shape index (κ3) is 13.6. The molecule has 0 aliphatic carbocycles. The van der Waals surface area contributed by atoms with E-state index in [9.17, 15) is 9.59 Å². The molecule has 0 spiro atoms. The van der Waals surface area contributed by atoms with E-state index < -0.39 is 18.2 Å². The highest BCUT2D eigenvalue weighted by Crippen LogP contribution is 2.30. The van der Waals surface area contributed by atoms with Gasteiger partial charge in [0.25, 0.3) is 0 Å². The van der Waals surface area contributed by atoms with Gasteiger partial charge < -0.3 is 20.4 Å². The molecule has 0 saturated carbocycles. The van der Waals surface area contributed by atoms with E-state index in [1.807, 2.05) is 13.8 Å². The minimum absolute atomic E-state index is 0.0628. The van der Waals surface area contributed by atoms with Crippen molar-refractivity contribution in [2.75, 3.05) is 0 Å². The first kappa shape index (κ1) is 22.1. The van der Waals surface area contributed by atoms with Gasteiger partial charge in [-0.1, -0.05) is 33.6 Å². The minimum atomic E-state index is -1.17. The summed E-state index contributed by atoms with van der Waals surface area (Å²) in [5, 5.41) is 34.4. The van der Waals surface area contributed by atoms with Crippen molar-refractivity contribution >= 4 is 11.9 Å². The fraction of sp³-hybridized carbons (Fsp3) is 0.867. The predicted octanol–water partition coefficient (Wildman–Crippen LogP) is 2.62. The number of carboxylic acid groups (broad SMARTS) is 2. The quantitative estimate of drug-likeness (QED) is 0.364. The van der Waals surface area contributed by atoms with Crippen LogP contribution in [0.3, 0.4) is 0 Å². The fourth-order valence-electron chi connectivity index (χ4n) is 1.62. The van der Waals surface area contributed by atoms with Crippen molar-refractivity contribution in [2.45, 2.75) is 78.4 Å². The summed E-state index contributed by atoms with van der Waals surface area (Å²) in [7, 11) is 0. The molecule has 0 bridgehead atoms. The molecule has 0 aliphatic heterocycles. The molecular weight excluding hydrogens is 276 g/mol. The third-order valence-corrected chi connectivity index (χ3v) is 3.56. The van der Waals surface area contributed by atoms with Crippen LogP contribution in [0.5, 0.6) is 0 Å². The first-order chi connectivity index (χ1) is 9.69. The van der Waals surface area contributed by atoms with Gasteiger partial charge in [0.2, 0.25) is 0 Å². The van der Waals surface area contributed by atoms with E-state index in [0.717, 1.165) is 25.7 Å². The Labute approximate surface area is 126 Å². The second kappa shape index (κ2) is 12.6. The zero-order chi connectivity index (χ0) is 16.9. The Bertz CT molecular complexity index is 274. The largest absolute Gasteiger partial charge is 0.481 e. The van der Waals surface area contributed by atoms with Gasteiger partial charge in [-0.25, -0.2) is 0 Å². The maximum atomic E-state index is 9.90. The van der Waals surface area contributed by atoms with Gasteiger partial charge in [-0.15, -0.1) is 0 Å². The molecule has 0 rings (SSSR count). The molecule has 126 valence electrons. The predicted molar refractivity (Wildman–Crippen MR) is 79.9 cm³/mol. The van der Waals surface area contributed by atoms with Gasteiger partial charge in [0, 0.05) is 18.3 Å². The first-order valence-electron chi connectivity index (χ1n) is 7.49. The number of hydrogen-bond acceptors (Lipinski definition) is 4. The van der Waals surface area contributed by atoms with E-state index in [1.165, 1.54) is 0 Å². The topological polar surface area (TPSA) is 115 Å². The van der Waals surface area contributed by atoms with Gasteiger partial charge in [-0.3, -0.25) is 9.59 Å². The summed E-state index contributed by atoms with van der Waals surface area (Å²) in [5.41, 5.74) is -0.296. The molecule has 0 radical (unpaired) electrons. The Kier molecular flexibility index (Phi) is 13.3. The van der Waals surface area contributed by atoms with Crippen LogP contribution in [0.2, 0.25) is 0 Å². The number of unbranched alkanes of at least 4 members (excludes halogenated alkanes) is 2. The molecule has 6 nitrogen and oxygen atoms in total. The van der Waals surface area contributed by atoms with Crippen LogP contribution in [0.25, 0.3) is 0 Å². The lowest BCUT2D eigenvalue weighted by Gasteiger charge is -2.29. The summed E-state index contributed by atoms with van der Waals surface area (Å²) >= 11 is 0. The Morgan fingerprint density at radius 2 is 1.38 bits per heavy atom. The number of aliphatic carboxylic acids is 2. The molecule has 0 aromatic rings. The van der Waals surface area contributed by atoms with Crippen molar-refractivity contribution in [2.24, 2.45) is 5.41 Å². The number of carbonyl (C=O) groups is 2. The number of rotatable bonds is 10. The highest BCUT2D eigenvalue weighted by molar-refractivity contribution is 5.67. The standard InChI is InChI=1S/C9H20O2.C6H10O4/c1-4-6-7-9(3,5-2)8(10)11;7-5(8)3-1-2-4-6(9)10/h8,10-11H,4-7H2,1-3H3;1-4H2,(H,7,8)(H,9,10). The van der Waals surface area contributed by atoms with Crippen molar-refractivity contribution in [3.63, 3.8) is 0 Å². The number of hydrogen-bond donors (Lipinski definition) is 4. The van der Waals surface area contributed by atoms with Crippen LogP contribution < -0.4 is 0 Å². The average molecular weight is 306 g/mol. The van der Waals surface area contributed by atoms with Gasteiger partial charge in [0.1, 0.15) is 0 Å². The van der Waals surface area contributed by atoms with Gasteiger partial charge in [-0.05, 0) is 25.7 Å². The highest BCUT2D eigenvalue weighted by atomic mass is 16.5. The molecule has 0 aromatic heterocycles. The zero-order valence-electron chi connectivity index (χ0n) is 13.3. The molecule has 1 atom stereocenters. The molecule has 0 saturated heterocycles. The summed E-state index contributed by atoms with van der Waals surface area (Å²) in [5.74, 6) is -1.74. The monoisotopic (exact) mass is 306 g/mol. The van der Waals surface area contributed by atoms with Crippen LogP contribution >= 0.6 is 0 Å².